The molecule has 0 bridgehead atoms. The first-order chi connectivity index (χ1) is 12.9. The third kappa shape index (κ3) is 5.96. The van der Waals surface area contributed by atoms with Crippen LogP contribution in [0, 0.1) is 5.92 Å². The highest BCUT2D eigenvalue weighted by Gasteiger charge is 2.43. The molecule has 0 aromatic carbocycles. The Hall–Kier alpha value is -0.0800. The van der Waals surface area contributed by atoms with E-state index in [0.717, 1.165) is 24.0 Å². The third-order valence-electron chi connectivity index (χ3n) is 7.61. The van der Waals surface area contributed by atoms with Gasteiger partial charge in [0.2, 0.25) is 0 Å². The largest absolute Gasteiger partial charge is 0.314 e. The van der Waals surface area contributed by atoms with Crippen LogP contribution < -0.4 is 5.32 Å². The lowest BCUT2D eigenvalue weighted by Crippen LogP contribution is -2.62. The zero-order valence-corrected chi connectivity index (χ0v) is 17.7. The Morgan fingerprint density at radius 3 is 2.31 bits per heavy atom. The Bertz CT molecular complexity index is 369. The van der Waals surface area contributed by atoms with Gasteiger partial charge < -0.3 is 5.32 Å². The lowest BCUT2D eigenvalue weighted by molar-refractivity contribution is -0.0230. The number of fused-ring (bicyclic) bond motifs is 3. The third-order valence-corrected chi connectivity index (χ3v) is 7.61. The summed E-state index contributed by atoms with van der Waals surface area (Å²) in [5.74, 6) is 0.966. The van der Waals surface area contributed by atoms with Gasteiger partial charge in [0.25, 0.3) is 0 Å². The van der Waals surface area contributed by atoms with Crippen molar-refractivity contribution in [3.63, 3.8) is 0 Å². The van der Waals surface area contributed by atoms with Crippen LogP contribution >= 0.6 is 0 Å². The molecule has 0 saturated carbocycles. The second kappa shape index (κ2) is 11.7. The topological polar surface area (TPSA) is 15.3 Å². The molecule has 0 aromatic rings. The van der Waals surface area contributed by atoms with Crippen molar-refractivity contribution in [1.29, 1.82) is 0 Å². The molecule has 0 amide bonds. The van der Waals surface area contributed by atoms with Gasteiger partial charge in [-0.25, -0.2) is 0 Å². The van der Waals surface area contributed by atoms with Crippen molar-refractivity contribution in [2.75, 3.05) is 13.1 Å². The van der Waals surface area contributed by atoms with Gasteiger partial charge in [-0.1, -0.05) is 77.6 Å². The van der Waals surface area contributed by atoms with E-state index in [1.165, 1.54) is 122 Å². The maximum Gasteiger partial charge on any atom is 0.0141 e. The van der Waals surface area contributed by atoms with Gasteiger partial charge in [0, 0.05) is 18.1 Å². The number of piperidine rings is 3. The maximum absolute atomic E-state index is 3.90. The number of rotatable bonds is 11. The van der Waals surface area contributed by atoms with Gasteiger partial charge in [-0.15, -0.1) is 0 Å². The van der Waals surface area contributed by atoms with Crippen molar-refractivity contribution in [3.05, 3.63) is 0 Å². The first-order valence-corrected chi connectivity index (χ1v) is 12.4. The summed E-state index contributed by atoms with van der Waals surface area (Å²) in [7, 11) is 0. The van der Waals surface area contributed by atoms with E-state index in [1.807, 2.05) is 0 Å². The molecule has 2 nitrogen and oxygen atoms in total. The molecule has 3 fully saturated rings. The van der Waals surface area contributed by atoms with Crippen molar-refractivity contribution in [1.82, 2.24) is 10.2 Å². The minimum absolute atomic E-state index is 0.844. The van der Waals surface area contributed by atoms with Crippen LogP contribution in [0.5, 0.6) is 0 Å². The fourth-order valence-electron chi connectivity index (χ4n) is 6.17. The minimum atomic E-state index is 0.844. The Morgan fingerprint density at radius 1 is 0.808 bits per heavy atom. The number of nitrogens with one attached hydrogen (secondary N) is 1. The summed E-state index contributed by atoms with van der Waals surface area (Å²) in [5.41, 5.74) is 0. The van der Waals surface area contributed by atoms with Crippen LogP contribution in [0.4, 0.5) is 0 Å². The van der Waals surface area contributed by atoms with Crippen molar-refractivity contribution in [2.45, 2.75) is 134 Å². The molecule has 152 valence electrons. The highest BCUT2D eigenvalue weighted by molar-refractivity contribution is 5.00. The van der Waals surface area contributed by atoms with E-state index in [1.54, 1.807) is 0 Å². The highest BCUT2D eigenvalue weighted by atomic mass is 15.2. The fourth-order valence-corrected chi connectivity index (χ4v) is 6.17. The van der Waals surface area contributed by atoms with Gasteiger partial charge in [0.15, 0.2) is 0 Å². The molecular weight excluding hydrogens is 316 g/mol. The van der Waals surface area contributed by atoms with Crippen molar-refractivity contribution < 1.29 is 0 Å². The number of unbranched alkanes of at least 4 members (excludes halogenated alkanes) is 9. The normalized spacial score (nSPS) is 32.2. The van der Waals surface area contributed by atoms with Crippen LogP contribution in [-0.4, -0.2) is 36.1 Å². The lowest BCUT2D eigenvalue weighted by Gasteiger charge is -2.54. The van der Waals surface area contributed by atoms with E-state index < -0.39 is 0 Å². The summed E-state index contributed by atoms with van der Waals surface area (Å²) in [6.45, 7) is 4.98. The fraction of sp³-hybridized carbons (Fsp3) is 1.00. The molecule has 3 aliphatic heterocycles. The van der Waals surface area contributed by atoms with Crippen LogP contribution in [0.15, 0.2) is 0 Å². The van der Waals surface area contributed by atoms with Crippen LogP contribution in [0.25, 0.3) is 0 Å². The number of hydrogen-bond acceptors (Lipinski definition) is 2. The summed E-state index contributed by atoms with van der Waals surface area (Å²) in [6.07, 6.45) is 24.9. The van der Waals surface area contributed by atoms with E-state index in [0.29, 0.717) is 0 Å². The molecule has 0 aromatic heterocycles. The number of nitrogens with zero attached hydrogens (tertiary/aromatic N) is 1. The Labute approximate surface area is 163 Å². The SMILES string of the molecule is CCCCCCCCCCCC[C@@H]1C[C@H]2NCCC[C@@H]2[C@H]2CCCCN12. The number of hydrogen-bond donors (Lipinski definition) is 1. The molecule has 0 unspecified atom stereocenters. The predicted octanol–water partition coefficient (Wildman–Crippen LogP) is 6.29. The Kier molecular flexibility index (Phi) is 9.29. The molecule has 3 aliphatic rings. The molecule has 2 heteroatoms. The standard InChI is InChI=1S/C24H46N2/c1-2-3-4-5-6-7-8-9-10-11-15-21-20-23-22(16-14-18-25-23)24-17-12-13-19-26(21)24/h21-25H,2-20H2,1H3/t21-,22+,23-,24-/m1/s1. The zero-order valence-electron chi connectivity index (χ0n) is 17.7. The van der Waals surface area contributed by atoms with E-state index >= 15 is 0 Å². The highest BCUT2D eigenvalue weighted by Crippen LogP contribution is 2.39. The molecular formula is C24H46N2. The van der Waals surface area contributed by atoms with Crippen molar-refractivity contribution in [3.8, 4) is 0 Å². The summed E-state index contributed by atoms with van der Waals surface area (Å²) < 4.78 is 0. The van der Waals surface area contributed by atoms with E-state index in [2.05, 4.69) is 17.1 Å². The van der Waals surface area contributed by atoms with Crippen LogP contribution in [0.1, 0.15) is 116 Å². The van der Waals surface area contributed by atoms with Crippen LogP contribution in [-0.2, 0) is 0 Å². The van der Waals surface area contributed by atoms with E-state index in [9.17, 15) is 0 Å². The summed E-state index contributed by atoms with van der Waals surface area (Å²) in [6, 6.07) is 2.65. The summed E-state index contributed by atoms with van der Waals surface area (Å²) in [5, 5.41) is 3.90. The average Bonchev–Trinajstić information content (AvgIpc) is 2.69. The molecule has 3 rings (SSSR count). The molecule has 3 saturated heterocycles. The Balaban J connectivity index is 1.31. The molecule has 1 N–H and O–H groups in total. The summed E-state index contributed by atoms with van der Waals surface area (Å²) >= 11 is 0. The van der Waals surface area contributed by atoms with Gasteiger partial charge in [-0.2, -0.15) is 0 Å². The van der Waals surface area contributed by atoms with E-state index in [4.69, 9.17) is 0 Å². The van der Waals surface area contributed by atoms with Crippen molar-refractivity contribution >= 4 is 0 Å². The van der Waals surface area contributed by atoms with Gasteiger partial charge >= 0.3 is 0 Å². The first kappa shape index (κ1) is 20.6. The quantitative estimate of drug-likeness (QED) is 0.434. The van der Waals surface area contributed by atoms with Gasteiger partial charge in [0.05, 0.1) is 0 Å². The smallest absolute Gasteiger partial charge is 0.0141 e. The van der Waals surface area contributed by atoms with Gasteiger partial charge in [0.1, 0.15) is 0 Å². The minimum Gasteiger partial charge on any atom is -0.314 e. The lowest BCUT2D eigenvalue weighted by atomic mass is 9.73. The van der Waals surface area contributed by atoms with Crippen molar-refractivity contribution in [2.24, 2.45) is 5.92 Å². The van der Waals surface area contributed by atoms with Crippen LogP contribution in [0.3, 0.4) is 0 Å². The average molecular weight is 363 g/mol. The zero-order chi connectivity index (χ0) is 18.0. The predicted molar refractivity (Wildman–Crippen MR) is 114 cm³/mol. The van der Waals surface area contributed by atoms with Crippen LogP contribution in [0.2, 0.25) is 0 Å². The molecule has 4 atom stereocenters. The molecule has 26 heavy (non-hydrogen) atoms. The molecule has 0 spiro atoms. The molecule has 0 radical (unpaired) electrons. The van der Waals surface area contributed by atoms with Gasteiger partial charge in [-0.3, -0.25) is 4.90 Å². The monoisotopic (exact) mass is 362 g/mol. The maximum atomic E-state index is 3.90. The molecule has 0 aliphatic carbocycles. The van der Waals surface area contributed by atoms with E-state index in [-0.39, 0.29) is 0 Å². The second-order valence-corrected chi connectivity index (χ2v) is 9.53. The first-order valence-electron chi connectivity index (χ1n) is 12.4. The summed E-state index contributed by atoms with van der Waals surface area (Å²) in [4.78, 5) is 2.98. The molecule has 3 heterocycles. The Morgan fingerprint density at radius 2 is 1.54 bits per heavy atom. The second-order valence-electron chi connectivity index (χ2n) is 9.53. The van der Waals surface area contributed by atoms with Gasteiger partial charge in [-0.05, 0) is 57.5 Å².